The zero-order valence-electron chi connectivity index (χ0n) is 9.78. The third kappa shape index (κ3) is 2.49. The van der Waals surface area contributed by atoms with E-state index in [0.717, 1.165) is 11.1 Å². The van der Waals surface area contributed by atoms with Gasteiger partial charge in [-0.15, -0.1) is 0 Å². The Labute approximate surface area is 95.4 Å². The van der Waals surface area contributed by atoms with Crippen molar-refractivity contribution in [1.29, 1.82) is 0 Å². The molecule has 3 heteroatoms. The maximum atomic E-state index is 11.2. The molecule has 0 saturated carbocycles. The van der Waals surface area contributed by atoms with E-state index in [-0.39, 0.29) is 5.57 Å². The number of hydrogen-bond donors (Lipinski definition) is 1. The SMILES string of the molecule is C=C(C(=O)OC)C(O)c1ccc(C)c(C)c1. The Bertz CT molecular complexity index is 421. The highest BCUT2D eigenvalue weighted by atomic mass is 16.5. The van der Waals surface area contributed by atoms with Crippen LogP contribution in [-0.2, 0) is 9.53 Å². The van der Waals surface area contributed by atoms with E-state index in [2.05, 4.69) is 11.3 Å². The summed E-state index contributed by atoms with van der Waals surface area (Å²) < 4.78 is 4.51. The van der Waals surface area contributed by atoms with Crippen molar-refractivity contribution in [2.45, 2.75) is 20.0 Å². The lowest BCUT2D eigenvalue weighted by atomic mass is 9.99. The number of esters is 1. The molecule has 0 fully saturated rings. The Morgan fingerprint density at radius 3 is 2.50 bits per heavy atom. The van der Waals surface area contributed by atoms with E-state index < -0.39 is 12.1 Å². The third-order valence-corrected chi connectivity index (χ3v) is 2.62. The van der Waals surface area contributed by atoms with Gasteiger partial charge < -0.3 is 9.84 Å². The molecule has 16 heavy (non-hydrogen) atoms. The molecule has 1 N–H and O–H groups in total. The summed E-state index contributed by atoms with van der Waals surface area (Å²) >= 11 is 0. The van der Waals surface area contributed by atoms with E-state index in [0.29, 0.717) is 5.56 Å². The van der Waals surface area contributed by atoms with Gasteiger partial charge >= 0.3 is 5.97 Å². The van der Waals surface area contributed by atoms with E-state index in [4.69, 9.17) is 0 Å². The van der Waals surface area contributed by atoms with Gasteiger partial charge in [0, 0.05) is 0 Å². The van der Waals surface area contributed by atoms with Gasteiger partial charge in [-0.1, -0.05) is 24.8 Å². The summed E-state index contributed by atoms with van der Waals surface area (Å²) in [4.78, 5) is 11.2. The molecule has 3 nitrogen and oxygen atoms in total. The largest absolute Gasteiger partial charge is 0.466 e. The van der Waals surface area contributed by atoms with Gasteiger partial charge in [-0.3, -0.25) is 0 Å². The first-order valence-electron chi connectivity index (χ1n) is 4.99. The smallest absolute Gasteiger partial charge is 0.336 e. The van der Waals surface area contributed by atoms with Crippen LogP contribution < -0.4 is 0 Å². The van der Waals surface area contributed by atoms with Gasteiger partial charge in [0.15, 0.2) is 0 Å². The Kier molecular flexibility index (Phi) is 3.85. The first-order valence-corrected chi connectivity index (χ1v) is 4.99. The summed E-state index contributed by atoms with van der Waals surface area (Å²) in [7, 11) is 1.26. The lowest BCUT2D eigenvalue weighted by molar-refractivity contribution is -0.137. The van der Waals surface area contributed by atoms with Crippen LogP contribution in [0.25, 0.3) is 0 Å². The molecule has 0 bridgehead atoms. The van der Waals surface area contributed by atoms with Gasteiger partial charge in [-0.05, 0) is 30.5 Å². The fourth-order valence-electron chi connectivity index (χ4n) is 1.38. The number of aryl methyl sites for hydroxylation is 2. The van der Waals surface area contributed by atoms with Crippen molar-refractivity contribution in [3.8, 4) is 0 Å². The van der Waals surface area contributed by atoms with Crippen molar-refractivity contribution in [3.63, 3.8) is 0 Å². The van der Waals surface area contributed by atoms with Gasteiger partial charge in [0.2, 0.25) is 0 Å². The maximum Gasteiger partial charge on any atom is 0.336 e. The molecule has 0 heterocycles. The van der Waals surface area contributed by atoms with Gasteiger partial charge in [0.25, 0.3) is 0 Å². The lowest BCUT2D eigenvalue weighted by Crippen LogP contribution is -2.12. The number of carbonyl (C=O) groups excluding carboxylic acids is 1. The maximum absolute atomic E-state index is 11.2. The van der Waals surface area contributed by atoms with Crippen LogP contribution in [0.5, 0.6) is 0 Å². The standard InChI is InChI=1S/C13H16O3/c1-8-5-6-11(7-9(8)2)12(14)10(3)13(15)16-4/h5-7,12,14H,3H2,1-2,4H3. The van der Waals surface area contributed by atoms with Crippen LogP contribution >= 0.6 is 0 Å². The van der Waals surface area contributed by atoms with Gasteiger partial charge in [0.05, 0.1) is 12.7 Å². The molecule has 0 saturated heterocycles. The van der Waals surface area contributed by atoms with Crippen LogP contribution in [0.2, 0.25) is 0 Å². The first kappa shape index (κ1) is 12.5. The zero-order valence-corrected chi connectivity index (χ0v) is 9.78. The van der Waals surface area contributed by atoms with Crippen molar-refractivity contribution in [3.05, 3.63) is 47.0 Å². The summed E-state index contributed by atoms with van der Waals surface area (Å²) in [6, 6.07) is 5.52. The molecule has 1 atom stereocenters. The molecule has 0 aromatic heterocycles. The average Bonchev–Trinajstić information content (AvgIpc) is 2.29. The van der Waals surface area contributed by atoms with Gasteiger partial charge in [0.1, 0.15) is 6.10 Å². The molecule has 1 aromatic rings. The predicted molar refractivity (Wildman–Crippen MR) is 62.0 cm³/mol. The summed E-state index contributed by atoms with van der Waals surface area (Å²) in [5.41, 5.74) is 2.90. The van der Waals surface area contributed by atoms with Crippen LogP contribution in [-0.4, -0.2) is 18.2 Å². The van der Waals surface area contributed by atoms with Crippen molar-refractivity contribution >= 4 is 5.97 Å². The lowest BCUT2D eigenvalue weighted by Gasteiger charge is -2.13. The molecule has 1 aromatic carbocycles. The summed E-state index contributed by atoms with van der Waals surface area (Å²) in [5.74, 6) is -0.592. The van der Waals surface area contributed by atoms with Crippen molar-refractivity contribution in [2.75, 3.05) is 7.11 Å². The van der Waals surface area contributed by atoms with Crippen molar-refractivity contribution in [2.24, 2.45) is 0 Å². The number of benzene rings is 1. The Hall–Kier alpha value is -1.61. The normalized spacial score (nSPS) is 12.0. The molecule has 0 amide bonds. The van der Waals surface area contributed by atoms with Crippen LogP contribution in [0.1, 0.15) is 22.8 Å². The Morgan fingerprint density at radius 1 is 1.38 bits per heavy atom. The molecule has 86 valence electrons. The number of aliphatic hydroxyl groups excluding tert-OH is 1. The average molecular weight is 220 g/mol. The minimum atomic E-state index is -1.01. The van der Waals surface area contributed by atoms with E-state index in [1.54, 1.807) is 6.07 Å². The van der Waals surface area contributed by atoms with Crippen LogP contribution in [0.15, 0.2) is 30.4 Å². The highest BCUT2D eigenvalue weighted by Gasteiger charge is 2.18. The van der Waals surface area contributed by atoms with E-state index >= 15 is 0 Å². The van der Waals surface area contributed by atoms with Gasteiger partial charge in [-0.25, -0.2) is 4.79 Å². The molecule has 1 rings (SSSR count). The van der Waals surface area contributed by atoms with Crippen LogP contribution in [0.3, 0.4) is 0 Å². The van der Waals surface area contributed by atoms with Crippen LogP contribution in [0.4, 0.5) is 0 Å². The predicted octanol–water partition coefficient (Wildman–Crippen LogP) is 2.07. The zero-order chi connectivity index (χ0) is 12.3. The molecular formula is C13H16O3. The molecule has 0 spiro atoms. The summed E-state index contributed by atoms with van der Waals surface area (Å²) in [6.07, 6.45) is -1.01. The fourth-order valence-corrected chi connectivity index (χ4v) is 1.38. The first-order chi connectivity index (χ1) is 7.47. The minimum Gasteiger partial charge on any atom is -0.466 e. The number of ether oxygens (including phenoxy) is 1. The molecule has 0 radical (unpaired) electrons. The summed E-state index contributed by atoms with van der Waals surface area (Å²) in [5, 5.41) is 9.91. The number of aliphatic hydroxyl groups is 1. The molecule has 1 unspecified atom stereocenters. The topological polar surface area (TPSA) is 46.5 Å². The van der Waals surface area contributed by atoms with E-state index in [1.165, 1.54) is 7.11 Å². The molecular weight excluding hydrogens is 204 g/mol. The molecule has 0 aliphatic carbocycles. The second kappa shape index (κ2) is 4.94. The van der Waals surface area contributed by atoms with Crippen LogP contribution in [0, 0.1) is 13.8 Å². The third-order valence-electron chi connectivity index (χ3n) is 2.62. The number of methoxy groups -OCH3 is 1. The Balaban J connectivity index is 2.96. The fraction of sp³-hybridized carbons (Fsp3) is 0.308. The number of rotatable bonds is 3. The Morgan fingerprint density at radius 2 is 2.00 bits per heavy atom. The second-order valence-electron chi connectivity index (χ2n) is 3.76. The molecule has 0 aliphatic rings. The van der Waals surface area contributed by atoms with E-state index in [9.17, 15) is 9.90 Å². The van der Waals surface area contributed by atoms with E-state index in [1.807, 2.05) is 26.0 Å². The molecule has 0 aliphatic heterocycles. The number of carbonyl (C=O) groups is 1. The highest BCUT2D eigenvalue weighted by molar-refractivity contribution is 5.88. The highest BCUT2D eigenvalue weighted by Crippen LogP contribution is 2.23. The number of hydrogen-bond acceptors (Lipinski definition) is 3. The van der Waals surface area contributed by atoms with Gasteiger partial charge in [-0.2, -0.15) is 0 Å². The van der Waals surface area contributed by atoms with Crippen molar-refractivity contribution in [1.82, 2.24) is 0 Å². The summed E-state index contributed by atoms with van der Waals surface area (Å²) in [6.45, 7) is 7.47. The monoisotopic (exact) mass is 220 g/mol. The second-order valence-corrected chi connectivity index (χ2v) is 3.76. The quantitative estimate of drug-likeness (QED) is 0.626. The van der Waals surface area contributed by atoms with Crippen molar-refractivity contribution < 1.29 is 14.6 Å². The minimum absolute atomic E-state index is 0.0470.